The Hall–Kier alpha value is -3.71. The lowest BCUT2D eigenvalue weighted by atomic mass is 9.99. The zero-order chi connectivity index (χ0) is 20.1. The summed E-state index contributed by atoms with van der Waals surface area (Å²) in [5, 5.41) is 3.35. The zero-order valence-electron chi connectivity index (χ0n) is 16.1. The number of nitrogens with zero attached hydrogens (tertiary/aromatic N) is 3. The second-order valence-electron chi connectivity index (χ2n) is 7.43. The second-order valence-corrected chi connectivity index (χ2v) is 7.43. The highest BCUT2D eigenvalue weighted by Crippen LogP contribution is 2.35. The van der Waals surface area contributed by atoms with E-state index in [4.69, 9.17) is 0 Å². The number of pyridine rings is 1. The first-order chi connectivity index (χ1) is 14.0. The molecule has 0 radical (unpaired) electrons. The van der Waals surface area contributed by atoms with Gasteiger partial charge >= 0.3 is 0 Å². The van der Waals surface area contributed by atoms with Gasteiger partial charge in [-0.3, -0.25) is 19.3 Å². The van der Waals surface area contributed by atoms with E-state index >= 15 is 0 Å². The van der Waals surface area contributed by atoms with Crippen LogP contribution < -0.4 is 5.32 Å². The van der Waals surface area contributed by atoms with Crippen molar-refractivity contribution in [2.24, 2.45) is 0 Å². The standard InChI is InChI=1S/C22H19N5O2/c1-26(2)11-13-7-8-18-24-10-17(27(18)12-13)20-19(21(28)25-22(20)29)15-9-23-16-6-4-3-5-14(15)16/h3-10,12,23H,11H2,1-2H3,(H,25,28,29). The van der Waals surface area contributed by atoms with E-state index < -0.39 is 11.8 Å². The molecular formula is C22H19N5O2. The van der Waals surface area contributed by atoms with Crippen molar-refractivity contribution >= 4 is 39.5 Å². The van der Waals surface area contributed by atoms with Crippen LogP contribution in [0.25, 0.3) is 27.7 Å². The summed E-state index contributed by atoms with van der Waals surface area (Å²) in [6, 6.07) is 11.6. The van der Waals surface area contributed by atoms with Crippen molar-refractivity contribution in [2.75, 3.05) is 14.1 Å². The van der Waals surface area contributed by atoms with Crippen molar-refractivity contribution in [3.63, 3.8) is 0 Å². The van der Waals surface area contributed by atoms with Gasteiger partial charge in [0.1, 0.15) is 5.65 Å². The topological polar surface area (TPSA) is 82.5 Å². The maximum atomic E-state index is 12.8. The van der Waals surface area contributed by atoms with Crippen molar-refractivity contribution in [3.05, 3.63) is 71.8 Å². The zero-order valence-corrected chi connectivity index (χ0v) is 16.1. The number of para-hydroxylation sites is 1. The van der Waals surface area contributed by atoms with Crippen LogP contribution in [-0.2, 0) is 16.1 Å². The summed E-state index contributed by atoms with van der Waals surface area (Å²) in [5.74, 6) is -0.802. The summed E-state index contributed by atoms with van der Waals surface area (Å²) >= 11 is 0. The van der Waals surface area contributed by atoms with Crippen LogP contribution in [0.4, 0.5) is 0 Å². The first-order valence-electron chi connectivity index (χ1n) is 9.30. The molecule has 0 saturated carbocycles. The van der Waals surface area contributed by atoms with Crippen molar-refractivity contribution < 1.29 is 9.59 Å². The summed E-state index contributed by atoms with van der Waals surface area (Å²) in [4.78, 5) is 35.2. The molecule has 4 aromatic rings. The first kappa shape index (κ1) is 17.4. The maximum absolute atomic E-state index is 12.8. The summed E-state index contributed by atoms with van der Waals surface area (Å²) in [6.07, 6.45) is 5.39. The van der Waals surface area contributed by atoms with Gasteiger partial charge in [0.15, 0.2) is 0 Å². The first-order valence-corrected chi connectivity index (χ1v) is 9.30. The largest absolute Gasteiger partial charge is 0.361 e. The molecule has 0 saturated heterocycles. The smallest absolute Gasteiger partial charge is 0.261 e. The number of rotatable bonds is 4. The van der Waals surface area contributed by atoms with E-state index in [1.54, 1.807) is 12.4 Å². The number of amides is 2. The van der Waals surface area contributed by atoms with Crippen LogP contribution >= 0.6 is 0 Å². The minimum Gasteiger partial charge on any atom is -0.361 e. The Morgan fingerprint density at radius 2 is 1.83 bits per heavy atom. The Morgan fingerprint density at radius 1 is 1.03 bits per heavy atom. The quantitative estimate of drug-likeness (QED) is 0.529. The normalized spacial score (nSPS) is 14.6. The van der Waals surface area contributed by atoms with Crippen LogP contribution in [0.5, 0.6) is 0 Å². The van der Waals surface area contributed by atoms with Gasteiger partial charge < -0.3 is 9.88 Å². The van der Waals surface area contributed by atoms with Crippen LogP contribution in [0.2, 0.25) is 0 Å². The highest BCUT2D eigenvalue weighted by atomic mass is 16.2. The SMILES string of the molecule is CN(C)Cc1ccc2ncc(C3=C(c4c[nH]c5ccccc45)C(=O)NC3=O)n2c1. The van der Waals surface area contributed by atoms with Gasteiger partial charge in [0.25, 0.3) is 11.8 Å². The predicted molar refractivity (Wildman–Crippen MR) is 111 cm³/mol. The summed E-state index contributed by atoms with van der Waals surface area (Å²) in [6.45, 7) is 0.757. The molecule has 29 heavy (non-hydrogen) atoms. The van der Waals surface area contributed by atoms with Gasteiger partial charge in [-0.15, -0.1) is 0 Å². The fraction of sp³-hybridized carbons (Fsp3) is 0.136. The number of H-pyrrole nitrogens is 1. The average molecular weight is 385 g/mol. The van der Waals surface area contributed by atoms with Crippen LogP contribution in [0.15, 0.2) is 55.0 Å². The number of hydrogen-bond acceptors (Lipinski definition) is 4. The van der Waals surface area contributed by atoms with Gasteiger partial charge in [-0.2, -0.15) is 0 Å². The Bertz CT molecular complexity index is 1330. The van der Waals surface area contributed by atoms with E-state index in [-0.39, 0.29) is 0 Å². The fourth-order valence-corrected chi connectivity index (χ4v) is 3.90. The predicted octanol–water partition coefficient (Wildman–Crippen LogP) is 2.44. The minimum atomic E-state index is -0.407. The van der Waals surface area contributed by atoms with Crippen molar-refractivity contribution in [1.82, 2.24) is 24.6 Å². The third-order valence-electron chi connectivity index (χ3n) is 5.11. The lowest BCUT2D eigenvalue weighted by Gasteiger charge is -2.11. The van der Waals surface area contributed by atoms with Gasteiger partial charge in [-0.1, -0.05) is 24.3 Å². The number of carbonyl (C=O) groups excluding carboxylic acids is 2. The van der Waals surface area contributed by atoms with Crippen molar-refractivity contribution in [3.8, 4) is 0 Å². The van der Waals surface area contributed by atoms with Gasteiger partial charge in [0.2, 0.25) is 0 Å². The molecular weight excluding hydrogens is 366 g/mol. The lowest BCUT2D eigenvalue weighted by Crippen LogP contribution is -2.23. The Labute approximate surface area is 166 Å². The van der Waals surface area contributed by atoms with E-state index in [0.717, 1.165) is 28.7 Å². The number of imide groups is 1. The number of aromatic nitrogens is 3. The Balaban J connectivity index is 1.76. The molecule has 1 aromatic carbocycles. The number of benzene rings is 1. The number of nitrogens with one attached hydrogen (secondary N) is 2. The molecule has 0 bridgehead atoms. The molecule has 0 aliphatic carbocycles. The molecule has 0 unspecified atom stereocenters. The molecule has 4 heterocycles. The highest BCUT2D eigenvalue weighted by Gasteiger charge is 2.35. The van der Waals surface area contributed by atoms with E-state index in [1.165, 1.54) is 0 Å². The van der Waals surface area contributed by atoms with Gasteiger partial charge in [0.05, 0.1) is 23.0 Å². The molecule has 0 atom stereocenters. The summed E-state index contributed by atoms with van der Waals surface area (Å²) < 4.78 is 1.88. The molecule has 0 spiro atoms. The number of imidazole rings is 1. The Morgan fingerprint density at radius 3 is 2.66 bits per heavy atom. The van der Waals surface area contributed by atoms with Crippen LogP contribution in [-0.4, -0.2) is 45.2 Å². The van der Waals surface area contributed by atoms with E-state index in [1.807, 2.05) is 61.1 Å². The highest BCUT2D eigenvalue weighted by molar-refractivity contribution is 6.49. The molecule has 1 aliphatic heterocycles. The maximum Gasteiger partial charge on any atom is 0.261 e. The van der Waals surface area contributed by atoms with E-state index in [2.05, 4.69) is 20.2 Å². The van der Waals surface area contributed by atoms with Gasteiger partial charge in [-0.25, -0.2) is 4.98 Å². The summed E-state index contributed by atoms with van der Waals surface area (Å²) in [7, 11) is 4.00. The summed E-state index contributed by atoms with van der Waals surface area (Å²) in [5.41, 5.74) is 4.73. The number of aromatic amines is 1. The van der Waals surface area contributed by atoms with Gasteiger partial charge in [-0.05, 0) is 31.8 Å². The van der Waals surface area contributed by atoms with Crippen LogP contribution in [0.3, 0.4) is 0 Å². The van der Waals surface area contributed by atoms with Crippen LogP contribution in [0, 0.1) is 0 Å². The second kappa shape index (κ2) is 6.42. The van der Waals surface area contributed by atoms with Gasteiger partial charge in [0, 0.05) is 35.4 Å². The molecule has 5 rings (SSSR count). The molecule has 3 aromatic heterocycles. The molecule has 1 aliphatic rings. The molecule has 2 amide bonds. The van der Waals surface area contributed by atoms with E-state index in [0.29, 0.717) is 22.4 Å². The number of carbonyl (C=O) groups is 2. The monoisotopic (exact) mass is 385 g/mol. The fourth-order valence-electron chi connectivity index (χ4n) is 3.90. The van der Waals surface area contributed by atoms with Crippen molar-refractivity contribution in [1.29, 1.82) is 0 Å². The molecule has 144 valence electrons. The van der Waals surface area contributed by atoms with E-state index in [9.17, 15) is 9.59 Å². The Kier molecular flexibility index (Phi) is 3.85. The third kappa shape index (κ3) is 2.75. The minimum absolute atomic E-state index is 0.342. The number of hydrogen-bond donors (Lipinski definition) is 2. The van der Waals surface area contributed by atoms with Crippen molar-refractivity contribution in [2.45, 2.75) is 6.54 Å². The average Bonchev–Trinajstić information content (AvgIpc) is 3.36. The number of fused-ring (bicyclic) bond motifs is 2. The third-order valence-corrected chi connectivity index (χ3v) is 5.11. The lowest BCUT2D eigenvalue weighted by molar-refractivity contribution is -0.122. The molecule has 7 heteroatoms. The van der Waals surface area contributed by atoms with Crippen LogP contribution in [0.1, 0.15) is 16.8 Å². The molecule has 0 fully saturated rings. The molecule has 2 N–H and O–H groups in total. The molecule has 7 nitrogen and oxygen atoms in total.